The van der Waals surface area contributed by atoms with Crippen LogP contribution in [0.15, 0.2) is 30.3 Å². The SMILES string of the molecule is CCN(CCC(=O)O)C[C@@H](NC(=O)OCc1ccccc1)C(C)N. The minimum atomic E-state index is -0.846. The second-order valence-corrected chi connectivity index (χ2v) is 5.71. The maximum atomic E-state index is 12.0. The van der Waals surface area contributed by atoms with E-state index in [2.05, 4.69) is 5.32 Å². The van der Waals surface area contributed by atoms with Crippen molar-refractivity contribution in [3.05, 3.63) is 35.9 Å². The van der Waals surface area contributed by atoms with E-state index in [0.29, 0.717) is 19.6 Å². The number of hydrogen-bond donors (Lipinski definition) is 3. The summed E-state index contributed by atoms with van der Waals surface area (Å²) in [5, 5.41) is 11.5. The number of ether oxygens (including phenoxy) is 1. The first-order valence-electron chi connectivity index (χ1n) is 8.09. The molecular formula is C17H27N3O4. The largest absolute Gasteiger partial charge is 0.481 e. The molecule has 1 rings (SSSR count). The van der Waals surface area contributed by atoms with Crippen LogP contribution in [0.2, 0.25) is 0 Å². The number of carbonyl (C=O) groups is 2. The molecule has 0 saturated heterocycles. The van der Waals surface area contributed by atoms with E-state index in [9.17, 15) is 9.59 Å². The first-order valence-corrected chi connectivity index (χ1v) is 8.09. The monoisotopic (exact) mass is 337 g/mol. The van der Waals surface area contributed by atoms with Crippen LogP contribution in [0.1, 0.15) is 25.8 Å². The number of nitrogens with two attached hydrogens (primary N) is 1. The quantitative estimate of drug-likeness (QED) is 0.596. The van der Waals surface area contributed by atoms with Crippen molar-refractivity contribution >= 4 is 12.1 Å². The normalized spacial score (nSPS) is 13.3. The Kier molecular flexibility index (Phi) is 8.81. The van der Waals surface area contributed by atoms with Crippen molar-refractivity contribution in [3.63, 3.8) is 0 Å². The van der Waals surface area contributed by atoms with Crippen LogP contribution < -0.4 is 11.1 Å². The van der Waals surface area contributed by atoms with Crippen LogP contribution >= 0.6 is 0 Å². The molecule has 0 aromatic heterocycles. The fourth-order valence-corrected chi connectivity index (χ4v) is 2.17. The van der Waals surface area contributed by atoms with Crippen LogP contribution in [-0.2, 0) is 16.1 Å². The van der Waals surface area contributed by atoms with Crippen LogP contribution in [0.4, 0.5) is 4.79 Å². The Morgan fingerprint density at radius 3 is 2.54 bits per heavy atom. The molecule has 0 spiro atoms. The Balaban J connectivity index is 2.48. The number of alkyl carbamates (subject to hydrolysis) is 1. The van der Waals surface area contributed by atoms with Gasteiger partial charge in [-0.2, -0.15) is 0 Å². The zero-order valence-electron chi connectivity index (χ0n) is 14.3. The smallest absolute Gasteiger partial charge is 0.407 e. The average Bonchev–Trinajstić information content (AvgIpc) is 2.56. The molecule has 0 saturated carbocycles. The van der Waals surface area contributed by atoms with Crippen molar-refractivity contribution in [2.75, 3.05) is 19.6 Å². The first kappa shape index (κ1) is 19.9. The molecule has 0 fully saturated rings. The molecule has 24 heavy (non-hydrogen) atoms. The lowest BCUT2D eigenvalue weighted by Crippen LogP contribution is -2.52. The van der Waals surface area contributed by atoms with Gasteiger partial charge in [-0.05, 0) is 19.0 Å². The van der Waals surface area contributed by atoms with Gasteiger partial charge in [0, 0.05) is 19.1 Å². The Labute approximate surface area is 142 Å². The van der Waals surface area contributed by atoms with Crippen molar-refractivity contribution in [2.45, 2.75) is 39.0 Å². The lowest BCUT2D eigenvalue weighted by Gasteiger charge is -2.28. The van der Waals surface area contributed by atoms with Gasteiger partial charge in [-0.25, -0.2) is 4.79 Å². The predicted octanol–water partition coefficient (Wildman–Crippen LogP) is 1.43. The second-order valence-electron chi connectivity index (χ2n) is 5.71. The Morgan fingerprint density at radius 1 is 1.33 bits per heavy atom. The molecule has 1 unspecified atom stereocenters. The van der Waals surface area contributed by atoms with E-state index in [0.717, 1.165) is 5.56 Å². The number of hydrogen-bond acceptors (Lipinski definition) is 5. The maximum absolute atomic E-state index is 12.0. The third-order valence-corrected chi connectivity index (χ3v) is 3.69. The van der Waals surface area contributed by atoms with E-state index in [1.165, 1.54) is 0 Å². The molecule has 134 valence electrons. The van der Waals surface area contributed by atoms with Gasteiger partial charge in [0.25, 0.3) is 0 Å². The average molecular weight is 337 g/mol. The zero-order chi connectivity index (χ0) is 17.9. The number of likely N-dealkylation sites (N-methyl/N-ethyl adjacent to an activating group) is 1. The summed E-state index contributed by atoms with van der Waals surface area (Å²) in [5.74, 6) is -0.846. The summed E-state index contributed by atoms with van der Waals surface area (Å²) in [4.78, 5) is 24.6. The molecular weight excluding hydrogens is 310 g/mol. The van der Waals surface area contributed by atoms with Gasteiger partial charge in [-0.15, -0.1) is 0 Å². The van der Waals surface area contributed by atoms with Crippen molar-refractivity contribution in [1.82, 2.24) is 10.2 Å². The van der Waals surface area contributed by atoms with E-state index in [4.69, 9.17) is 15.6 Å². The van der Waals surface area contributed by atoms with E-state index in [1.54, 1.807) is 6.92 Å². The molecule has 0 heterocycles. The number of carboxylic acid groups (broad SMARTS) is 1. The number of aliphatic carboxylic acids is 1. The van der Waals surface area contributed by atoms with Crippen LogP contribution in [0.25, 0.3) is 0 Å². The molecule has 2 atom stereocenters. The maximum Gasteiger partial charge on any atom is 0.407 e. The van der Waals surface area contributed by atoms with Crippen LogP contribution in [0.3, 0.4) is 0 Å². The molecule has 0 aliphatic carbocycles. The molecule has 1 aromatic carbocycles. The number of carbonyl (C=O) groups excluding carboxylic acids is 1. The van der Waals surface area contributed by atoms with E-state index in [-0.39, 0.29) is 25.1 Å². The summed E-state index contributed by atoms with van der Waals surface area (Å²) < 4.78 is 5.20. The summed E-state index contributed by atoms with van der Waals surface area (Å²) >= 11 is 0. The minimum Gasteiger partial charge on any atom is -0.481 e. The molecule has 0 aliphatic rings. The number of amides is 1. The van der Waals surface area contributed by atoms with Crippen molar-refractivity contribution in [3.8, 4) is 0 Å². The number of carboxylic acids is 1. The van der Waals surface area contributed by atoms with Crippen LogP contribution in [0, 0.1) is 0 Å². The molecule has 0 radical (unpaired) electrons. The Morgan fingerprint density at radius 2 is 2.00 bits per heavy atom. The van der Waals surface area contributed by atoms with Gasteiger partial charge in [-0.3, -0.25) is 4.79 Å². The first-order chi connectivity index (χ1) is 11.4. The highest BCUT2D eigenvalue weighted by Crippen LogP contribution is 2.03. The van der Waals surface area contributed by atoms with Gasteiger partial charge in [0.15, 0.2) is 0 Å². The Bertz CT molecular complexity index is 508. The van der Waals surface area contributed by atoms with Crippen molar-refractivity contribution in [2.24, 2.45) is 5.73 Å². The molecule has 1 amide bonds. The van der Waals surface area contributed by atoms with E-state index in [1.807, 2.05) is 42.2 Å². The number of benzene rings is 1. The second kappa shape index (κ2) is 10.6. The summed E-state index contributed by atoms with van der Waals surface area (Å²) in [6.07, 6.45) is -0.478. The third kappa shape index (κ3) is 7.94. The Hall–Kier alpha value is -2.12. The lowest BCUT2D eigenvalue weighted by atomic mass is 10.1. The molecule has 0 aliphatic heterocycles. The lowest BCUT2D eigenvalue weighted by molar-refractivity contribution is -0.137. The molecule has 1 aromatic rings. The van der Waals surface area contributed by atoms with E-state index >= 15 is 0 Å². The van der Waals surface area contributed by atoms with Crippen LogP contribution in [0.5, 0.6) is 0 Å². The number of nitrogens with zero attached hydrogens (tertiary/aromatic N) is 1. The zero-order valence-corrected chi connectivity index (χ0v) is 14.3. The van der Waals surface area contributed by atoms with Crippen molar-refractivity contribution < 1.29 is 19.4 Å². The van der Waals surface area contributed by atoms with Gasteiger partial charge >= 0.3 is 12.1 Å². The van der Waals surface area contributed by atoms with Gasteiger partial charge in [0.1, 0.15) is 6.61 Å². The predicted molar refractivity (Wildman–Crippen MR) is 91.6 cm³/mol. The summed E-state index contributed by atoms with van der Waals surface area (Å²) in [6, 6.07) is 8.80. The number of rotatable bonds is 10. The van der Waals surface area contributed by atoms with Crippen LogP contribution in [-0.4, -0.2) is 53.8 Å². The highest BCUT2D eigenvalue weighted by atomic mass is 16.5. The van der Waals surface area contributed by atoms with E-state index < -0.39 is 12.1 Å². The summed E-state index contributed by atoms with van der Waals surface area (Å²) in [7, 11) is 0. The van der Waals surface area contributed by atoms with Crippen molar-refractivity contribution in [1.29, 1.82) is 0 Å². The molecule has 7 nitrogen and oxygen atoms in total. The highest BCUT2D eigenvalue weighted by molar-refractivity contribution is 5.68. The molecule has 7 heteroatoms. The summed E-state index contributed by atoms with van der Waals surface area (Å²) in [6.45, 7) is 5.49. The molecule has 4 N–H and O–H groups in total. The minimum absolute atomic E-state index is 0.0535. The fourth-order valence-electron chi connectivity index (χ4n) is 2.17. The summed E-state index contributed by atoms with van der Waals surface area (Å²) in [5.41, 5.74) is 6.84. The molecule has 0 bridgehead atoms. The van der Waals surface area contributed by atoms with Gasteiger partial charge in [0.2, 0.25) is 0 Å². The van der Waals surface area contributed by atoms with Gasteiger partial charge in [-0.1, -0.05) is 37.3 Å². The van der Waals surface area contributed by atoms with Gasteiger partial charge in [0.05, 0.1) is 12.5 Å². The standard InChI is InChI=1S/C17H27N3O4/c1-3-20(10-9-16(21)22)11-15(13(2)18)19-17(23)24-12-14-7-5-4-6-8-14/h4-8,13,15H,3,9-12,18H2,1-2H3,(H,19,23)(H,21,22)/t13?,15-/m1/s1. The highest BCUT2D eigenvalue weighted by Gasteiger charge is 2.20. The topological polar surface area (TPSA) is 105 Å². The fraction of sp³-hybridized carbons (Fsp3) is 0.529. The third-order valence-electron chi connectivity index (χ3n) is 3.69. The van der Waals surface area contributed by atoms with Gasteiger partial charge < -0.3 is 25.8 Å². The number of nitrogens with one attached hydrogen (secondary N) is 1.